The molecule has 0 aliphatic heterocycles. The molecular formula is C29H51NO6S. The van der Waals surface area contributed by atoms with Gasteiger partial charge in [0.15, 0.2) is 0 Å². The molecule has 0 spiro atoms. The summed E-state index contributed by atoms with van der Waals surface area (Å²) in [5, 5.41) is 14.2. The Bertz CT molecular complexity index is 923. The molecule has 0 saturated heterocycles. The highest BCUT2D eigenvalue weighted by molar-refractivity contribution is 7.85. The van der Waals surface area contributed by atoms with Gasteiger partial charge in [0.2, 0.25) is 5.91 Å². The van der Waals surface area contributed by atoms with Crippen molar-refractivity contribution in [1.82, 2.24) is 5.32 Å². The van der Waals surface area contributed by atoms with Crippen LogP contribution in [0.4, 0.5) is 0 Å². The molecular weight excluding hydrogens is 490 g/mol. The molecule has 10 atom stereocenters. The zero-order valence-electron chi connectivity index (χ0n) is 23.6. The van der Waals surface area contributed by atoms with Crippen LogP contribution in [-0.2, 0) is 19.6 Å². The minimum absolute atomic E-state index is 0.0552. The number of amides is 1. The van der Waals surface area contributed by atoms with Crippen LogP contribution in [0.3, 0.4) is 0 Å². The molecule has 4 fully saturated rings. The highest BCUT2D eigenvalue weighted by Gasteiger charge is 2.62. The van der Waals surface area contributed by atoms with Crippen molar-refractivity contribution in [3.8, 4) is 0 Å². The van der Waals surface area contributed by atoms with Crippen molar-refractivity contribution >= 4 is 16.0 Å². The molecule has 0 heterocycles. The van der Waals surface area contributed by atoms with Gasteiger partial charge in [-0.2, -0.15) is 8.42 Å². The van der Waals surface area contributed by atoms with E-state index in [0.717, 1.165) is 32.1 Å². The fraction of sp³-hybridized carbons (Fsp3) is 0.966. The molecule has 1 amide bonds. The first-order chi connectivity index (χ1) is 17.2. The third-order valence-corrected chi connectivity index (χ3v) is 12.1. The maximum absolute atomic E-state index is 12.3. The molecule has 4 saturated carbocycles. The predicted octanol–water partition coefficient (Wildman–Crippen LogP) is 4.83. The van der Waals surface area contributed by atoms with Crippen molar-refractivity contribution in [2.75, 3.05) is 12.3 Å². The fourth-order valence-electron chi connectivity index (χ4n) is 9.64. The second-order valence-electron chi connectivity index (χ2n) is 13.8. The van der Waals surface area contributed by atoms with E-state index in [1.807, 2.05) is 0 Å². The lowest BCUT2D eigenvalue weighted by Crippen LogP contribution is -2.58. The molecule has 37 heavy (non-hydrogen) atoms. The Kier molecular flexibility index (Phi) is 8.75. The summed E-state index contributed by atoms with van der Waals surface area (Å²) in [5.74, 6) is 2.37. The molecule has 4 rings (SSSR count). The maximum atomic E-state index is 12.3. The van der Waals surface area contributed by atoms with Gasteiger partial charge in [-0.15, -0.1) is 0 Å². The van der Waals surface area contributed by atoms with Crippen LogP contribution in [0, 0.1) is 46.3 Å². The zero-order chi connectivity index (χ0) is 27.2. The zero-order valence-corrected chi connectivity index (χ0v) is 24.4. The van der Waals surface area contributed by atoms with E-state index >= 15 is 0 Å². The van der Waals surface area contributed by atoms with E-state index in [9.17, 15) is 18.3 Å². The van der Waals surface area contributed by atoms with Gasteiger partial charge < -0.3 is 15.2 Å². The van der Waals surface area contributed by atoms with Crippen LogP contribution in [-0.4, -0.2) is 54.6 Å². The quantitative estimate of drug-likeness (QED) is 0.361. The number of hydrogen-bond donors (Lipinski definition) is 3. The number of carbonyl (C=O) groups is 1. The van der Waals surface area contributed by atoms with Gasteiger partial charge in [-0.25, -0.2) is 0 Å². The van der Waals surface area contributed by atoms with Gasteiger partial charge in [-0.3, -0.25) is 9.35 Å². The van der Waals surface area contributed by atoms with Gasteiger partial charge in [0.1, 0.15) is 0 Å². The summed E-state index contributed by atoms with van der Waals surface area (Å²) in [4.78, 5) is 12.3. The predicted molar refractivity (Wildman–Crippen MR) is 144 cm³/mol. The lowest BCUT2D eigenvalue weighted by atomic mass is 9.43. The van der Waals surface area contributed by atoms with Crippen LogP contribution in [0.15, 0.2) is 0 Å². The molecule has 7 nitrogen and oxygen atoms in total. The van der Waals surface area contributed by atoms with Gasteiger partial charge in [-0.1, -0.05) is 20.8 Å². The van der Waals surface area contributed by atoms with Crippen molar-refractivity contribution in [2.24, 2.45) is 46.3 Å². The summed E-state index contributed by atoms with van der Waals surface area (Å²) in [6, 6.07) is 0. The number of aliphatic hydroxyl groups is 1. The SMILES string of the molecule is CC(C)OC1CCC2(C)C(C1)CC(O)C1C2CCC2(C)C(C(C)CCC(=O)NCCS(=O)(=O)O)CCC12. The average molecular weight is 542 g/mol. The molecule has 0 aromatic carbocycles. The van der Waals surface area contributed by atoms with Crippen LogP contribution in [0.1, 0.15) is 98.8 Å². The first kappa shape index (κ1) is 29.3. The summed E-state index contributed by atoms with van der Waals surface area (Å²) in [5.41, 5.74) is 0.496. The monoisotopic (exact) mass is 541 g/mol. The molecule has 3 N–H and O–H groups in total. The fourth-order valence-corrected chi connectivity index (χ4v) is 10.00. The van der Waals surface area contributed by atoms with Crippen LogP contribution in [0.5, 0.6) is 0 Å². The first-order valence-corrected chi connectivity index (χ1v) is 16.4. The topological polar surface area (TPSA) is 113 Å². The normalized spacial score (nSPS) is 42.5. The van der Waals surface area contributed by atoms with Crippen molar-refractivity contribution in [3.05, 3.63) is 0 Å². The third-order valence-electron chi connectivity index (χ3n) is 11.4. The number of hydrogen-bond acceptors (Lipinski definition) is 5. The van der Waals surface area contributed by atoms with E-state index in [1.165, 1.54) is 25.7 Å². The Balaban J connectivity index is 1.38. The van der Waals surface area contributed by atoms with Crippen LogP contribution < -0.4 is 5.32 Å². The maximum Gasteiger partial charge on any atom is 0.266 e. The van der Waals surface area contributed by atoms with Crippen molar-refractivity contribution in [3.63, 3.8) is 0 Å². The van der Waals surface area contributed by atoms with E-state index in [1.54, 1.807) is 0 Å². The second kappa shape index (κ2) is 11.1. The Morgan fingerprint density at radius 1 is 1.03 bits per heavy atom. The van der Waals surface area contributed by atoms with Gasteiger partial charge in [0, 0.05) is 13.0 Å². The molecule has 0 aromatic heterocycles. The van der Waals surface area contributed by atoms with E-state index < -0.39 is 15.9 Å². The molecule has 4 aliphatic rings. The molecule has 8 heteroatoms. The van der Waals surface area contributed by atoms with Crippen LogP contribution in [0.2, 0.25) is 0 Å². The van der Waals surface area contributed by atoms with Gasteiger partial charge in [-0.05, 0) is 118 Å². The van der Waals surface area contributed by atoms with Crippen LogP contribution in [0.25, 0.3) is 0 Å². The summed E-state index contributed by atoms with van der Waals surface area (Å²) >= 11 is 0. The summed E-state index contributed by atoms with van der Waals surface area (Å²) in [6.07, 6.45) is 10.6. The van der Waals surface area contributed by atoms with E-state index in [0.29, 0.717) is 53.4 Å². The Morgan fingerprint density at radius 2 is 1.70 bits per heavy atom. The Labute approximate surface area is 224 Å². The lowest BCUT2D eigenvalue weighted by molar-refractivity contribution is -0.181. The second-order valence-corrected chi connectivity index (χ2v) is 15.3. The van der Waals surface area contributed by atoms with Gasteiger partial charge in [0.25, 0.3) is 10.1 Å². The molecule has 214 valence electrons. The smallest absolute Gasteiger partial charge is 0.266 e. The van der Waals surface area contributed by atoms with Gasteiger partial charge in [0.05, 0.1) is 24.1 Å². The first-order valence-electron chi connectivity index (χ1n) is 14.8. The largest absolute Gasteiger partial charge is 0.393 e. The number of aliphatic hydroxyl groups excluding tert-OH is 1. The van der Waals surface area contributed by atoms with Crippen molar-refractivity contribution < 1.29 is 27.6 Å². The lowest BCUT2D eigenvalue weighted by Gasteiger charge is -2.62. The highest BCUT2D eigenvalue weighted by Crippen LogP contribution is 2.68. The molecule has 0 radical (unpaired) electrons. The minimum Gasteiger partial charge on any atom is -0.393 e. The van der Waals surface area contributed by atoms with Crippen LogP contribution >= 0.6 is 0 Å². The highest BCUT2D eigenvalue weighted by atomic mass is 32.2. The van der Waals surface area contributed by atoms with Gasteiger partial charge >= 0.3 is 0 Å². The number of nitrogens with one attached hydrogen (secondary N) is 1. The molecule has 0 bridgehead atoms. The summed E-state index contributed by atoms with van der Waals surface area (Å²) in [7, 11) is -4.06. The standard InChI is InChI=1S/C29H51NO6S/c1-18(2)36-21-10-12-28(4)20(16-21)17-25(31)27-23-8-7-22(29(23,5)13-11-24(27)28)19(3)6-9-26(32)30-14-15-37(33,34)35/h18-25,27,31H,6-17H2,1-5H3,(H,30,32)(H,33,34,35). The summed E-state index contributed by atoms with van der Waals surface area (Å²) in [6.45, 7) is 11.4. The number of ether oxygens (including phenoxy) is 1. The van der Waals surface area contributed by atoms with E-state index in [4.69, 9.17) is 9.29 Å². The number of rotatable bonds is 9. The number of carbonyl (C=O) groups excluding carboxylic acids is 1. The minimum atomic E-state index is -4.06. The summed E-state index contributed by atoms with van der Waals surface area (Å²) < 4.78 is 36.8. The molecule has 4 aliphatic carbocycles. The van der Waals surface area contributed by atoms with Crippen molar-refractivity contribution in [1.29, 1.82) is 0 Å². The number of fused-ring (bicyclic) bond motifs is 5. The molecule has 10 unspecified atom stereocenters. The van der Waals surface area contributed by atoms with Crippen molar-refractivity contribution in [2.45, 2.75) is 117 Å². The third kappa shape index (κ3) is 6.07. The molecule has 0 aromatic rings. The Morgan fingerprint density at radius 3 is 2.38 bits per heavy atom. The van der Waals surface area contributed by atoms with E-state index in [2.05, 4.69) is 39.9 Å². The van der Waals surface area contributed by atoms with E-state index in [-0.39, 0.29) is 30.1 Å². The average Bonchev–Trinajstić information content (AvgIpc) is 3.14. The Hall–Kier alpha value is -0.700.